The highest BCUT2D eigenvalue weighted by Gasteiger charge is 2.21. The second kappa shape index (κ2) is 6.53. The minimum absolute atomic E-state index is 0.654. The molecule has 0 N–H and O–H groups in total. The summed E-state index contributed by atoms with van der Waals surface area (Å²) in [5.41, 5.74) is 4.19. The predicted octanol–water partition coefficient (Wildman–Crippen LogP) is 7.20. The molecule has 2 aromatic heterocycles. The van der Waals surface area contributed by atoms with E-state index in [0.29, 0.717) is 5.89 Å². The van der Waals surface area contributed by atoms with Crippen LogP contribution in [-0.4, -0.2) is 4.98 Å². The molecule has 3 heteroatoms. The predicted molar refractivity (Wildman–Crippen MR) is 113 cm³/mol. The molecule has 3 aromatic carbocycles. The van der Waals surface area contributed by atoms with Crippen LogP contribution in [-0.2, 0) is 0 Å². The summed E-state index contributed by atoms with van der Waals surface area (Å²) in [5, 5.41) is 1.28. The molecule has 0 aliphatic rings. The van der Waals surface area contributed by atoms with E-state index < -0.39 is 0 Å². The quantitative estimate of drug-likeness (QED) is 0.337. The Morgan fingerprint density at radius 2 is 1.37 bits per heavy atom. The number of aryl methyl sites for hydroxylation is 1. The van der Waals surface area contributed by atoms with E-state index in [-0.39, 0.29) is 0 Å². The minimum atomic E-state index is 0.654. The van der Waals surface area contributed by atoms with Crippen LogP contribution in [0.25, 0.3) is 43.4 Å². The number of benzene rings is 3. The smallest absolute Gasteiger partial charge is 0.227 e. The lowest BCUT2D eigenvalue weighted by Crippen LogP contribution is -1.82. The van der Waals surface area contributed by atoms with Gasteiger partial charge in [-0.25, -0.2) is 4.98 Å². The van der Waals surface area contributed by atoms with E-state index in [9.17, 15) is 0 Å². The van der Waals surface area contributed by atoms with Crippen molar-refractivity contribution >= 4 is 21.4 Å². The molecule has 5 aromatic rings. The van der Waals surface area contributed by atoms with Gasteiger partial charge in [0, 0.05) is 15.8 Å². The summed E-state index contributed by atoms with van der Waals surface area (Å²) >= 11 is 1.77. The van der Waals surface area contributed by atoms with Crippen LogP contribution in [0.2, 0.25) is 0 Å². The summed E-state index contributed by atoms with van der Waals surface area (Å²) in [6, 6.07) is 28.8. The van der Waals surface area contributed by atoms with E-state index in [2.05, 4.69) is 43.3 Å². The van der Waals surface area contributed by atoms with Crippen molar-refractivity contribution in [2.75, 3.05) is 0 Å². The molecule has 0 spiro atoms. The van der Waals surface area contributed by atoms with Crippen molar-refractivity contribution in [2.24, 2.45) is 0 Å². The maximum atomic E-state index is 6.29. The van der Waals surface area contributed by atoms with Gasteiger partial charge in [-0.15, -0.1) is 11.3 Å². The first-order valence-corrected chi connectivity index (χ1v) is 9.73. The molecule has 0 fully saturated rings. The average Bonchev–Trinajstić information content (AvgIpc) is 3.31. The van der Waals surface area contributed by atoms with Crippen LogP contribution in [0.1, 0.15) is 5.56 Å². The highest BCUT2D eigenvalue weighted by molar-refractivity contribution is 7.22. The van der Waals surface area contributed by atoms with Crippen LogP contribution < -0.4 is 0 Å². The molecule has 0 unspecified atom stereocenters. The molecule has 0 aliphatic heterocycles. The molecule has 130 valence electrons. The molecule has 0 aliphatic carbocycles. The van der Waals surface area contributed by atoms with Gasteiger partial charge in [-0.2, -0.15) is 0 Å². The Balaban J connectivity index is 1.77. The third kappa shape index (κ3) is 2.77. The third-order valence-electron chi connectivity index (χ3n) is 4.74. The van der Waals surface area contributed by atoms with E-state index in [1.807, 2.05) is 48.5 Å². The number of oxazole rings is 1. The van der Waals surface area contributed by atoms with Gasteiger partial charge in [-0.1, -0.05) is 66.7 Å². The minimum Gasteiger partial charge on any atom is -0.435 e. The molecular weight excluding hydrogens is 350 g/mol. The number of rotatable bonds is 3. The highest BCUT2D eigenvalue weighted by Crippen LogP contribution is 2.43. The maximum Gasteiger partial charge on any atom is 0.227 e. The van der Waals surface area contributed by atoms with Crippen LogP contribution >= 0.6 is 11.3 Å². The number of nitrogens with zero attached hydrogens (tertiary/aromatic N) is 1. The fourth-order valence-corrected chi connectivity index (χ4v) is 4.56. The van der Waals surface area contributed by atoms with E-state index in [4.69, 9.17) is 9.40 Å². The van der Waals surface area contributed by atoms with E-state index in [1.54, 1.807) is 11.3 Å². The van der Waals surface area contributed by atoms with Crippen LogP contribution in [0.15, 0.2) is 89.3 Å². The first-order valence-electron chi connectivity index (χ1n) is 8.91. The van der Waals surface area contributed by atoms with Gasteiger partial charge in [0.15, 0.2) is 5.76 Å². The number of thiophene rings is 1. The van der Waals surface area contributed by atoms with E-state index in [1.165, 1.54) is 20.5 Å². The molecule has 0 radical (unpaired) electrons. The van der Waals surface area contributed by atoms with Gasteiger partial charge in [-0.3, -0.25) is 0 Å². The van der Waals surface area contributed by atoms with Crippen LogP contribution in [0.3, 0.4) is 0 Å². The van der Waals surface area contributed by atoms with Crippen molar-refractivity contribution < 1.29 is 4.42 Å². The molecule has 5 rings (SSSR count). The number of aromatic nitrogens is 1. The fourth-order valence-electron chi connectivity index (χ4n) is 3.36. The zero-order valence-electron chi connectivity index (χ0n) is 14.8. The summed E-state index contributed by atoms with van der Waals surface area (Å²) < 4.78 is 7.56. The Labute approximate surface area is 161 Å². The molecule has 0 atom stereocenters. The topological polar surface area (TPSA) is 26.0 Å². The lowest BCUT2D eigenvalue weighted by Gasteiger charge is -2.00. The van der Waals surface area contributed by atoms with Crippen molar-refractivity contribution in [3.8, 4) is 33.3 Å². The van der Waals surface area contributed by atoms with Crippen molar-refractivity contribution in [3.05, 3.63) is 90.5 Å². The lowest BCUT2D eigenvalue weighted by molar-refractivity contribution is 0.589. The zero-order chi connectivity index (χ0) is 18.2. The number of hydrogen-bond acceptors (Lipinski definition) is 3. The van der Waals surface area contributed by atoms with Gasteiger partial charge in [-0.05, 0) is 36.1 Å². The SMILES string of the molecule is Cc1c(-c2nc(-c3ccccc3)oc2-c2ccccc2)sc2ccccc12. The van der Waals surface area contributed by atoms with Crippen LogP contribution in [0, 0.1) is 6.92 Å². The molecule has 0 bridgehead atoms. The molecule has 2 nitrogen and oxygen atoms in total. The van der Waals surface area contributed by atoms with Crippen molar-refractivity contribution in [1.29, 1.82) is 0 Å². The second-order valence-electron chi connectivity index (χ2n) is 6.48. The second-order valence-corrected chi connectivity index (χ2v) is 7.53. The molecule has 0 saturated carbocycles. The van der Waals surface area contributed by atoms with Gasteiger partial charge in [0.05, 0.1) is 4.88 Å². The Kier molecular flexibility index (Phi) is 3.88. The van der Waals surface area contributed by atoms with Gasteiger partial charge in [0.25, 0.3) is 0 Å². The highest BCUT2D eigenvalue weighted by atomic mass is 32.1. The molecule has 0 saturated heterocycles. The molecule has 2 heterocycles. The van der Waals surface area contributed by atoms with Gasteiger partial charge < -0.3 is 4.42 Å². The van der Waals surface area contributed by atoms with Crippen molar-refractivity contribution in [2.45, 2.75) is 6.92 Å². The normalized spacial score (nSPS) is 11.1. The molecule has 27 heavy (non-hydrogen) atoms. The standard InChI is InChI=1S/C24H17NOS/c1-16-19-14-8-9-15-20(19)27-23(16)21-22(17-10-4-2-5-11-17)26-24(25-21)18-12-6-3-7-13-18/h2-15H,1H3. The van der Waals surface area contributed by atoms with Gasteiger partial charge >= 0.3 is 0 Å². The Bertz CT molecular complexity index is 1220. The molecular formula is C24H17NOS. The van der Waals surface area contributed by atoms with E-state index in [0.717, 1.165) is 22.6 Å². The largest absolute Gasteiger partial charge is 0.435 e. The van der Waals surface area contributed by atoms with E-state index >= 15 is 0 Å². The summed E-state index contributed by atoms with van der Waals surface area (Å²) in [6.07, 6.45) is 0. The Hall–Kier alpha value is -3.17. The Morgan fingerprint density at radius 1 is 0.741 bits per heavy atom. The zero-order valence-corrected chi connectivity index (χ0v) is 15.7. The fraction of sp³-hybridized carbons (Fsp3) is 0.0417. The monoisotopic (exact) mass is 367 g/mol. The van der Waals surface area contributed by atoms with Crippen LogP contribution in [0.4, 0.5) is 0 Å². The van der Waals surface area contributed by atoms with Gasteiger partial charge in [0.1, 0.15) is 5.69 Å². The number of fused-ring (bicyclic) bond motifs is 1. The number of hydrogen-bond donors (Lipinski definition) is 0. The first-order chi connectivity index (χ1) is 13.3. The maximum absolute atomic E-state index is 6.29. The summed E-state index contributed by atoms with van der Waals surface area (Å²) in [6.45, 7) is 2.17. The third-order valence-corrected chi connectivity index (χ3v) is 6.02. The Morgan fingerprint density at radius 3 is 2.07 bits per heavy atom. The summed E-state index contributed by atoms with van der Waals surface area (Å²) in [5.74, 6) is 1.48. The van der Waals surface area contributed by atoms with Crippen molar-refractivity contribution in [3.63, 3.8) is 0 Å². The molecule has 0 amide bonds. The summed E-state index contributed by atoms with van der Waals surface area (Å²) in [7, 11) is 0. The van der Waals surface area contributed by atoms with Crippen LogP contribution in [0.5, 0.6) is 0 Å². The van der Waals surface area contributed by atoms with Gasteiger partial charge in [0.2, 0.25) is 5.89 Å². The first kappa shape index (κ1) is 16.0. The average molecular weight is 367 g/mol. The lowest BCUT2D eigenvalue weighted by atomic mass is 10.1. The van der Waals surface area contributed by atoms with Crippen molar-refractivity contribution in [1.82, 2.24) is 4.98 Å². The summed E-state index contributed by atoms with van der Waals surface area (Å²) in [4.78, 5) is 6.09.